The van der Waals surface area contributed by atoms with E-state index in [1.165, 1.54) is 12.1 Å². The Labute approximate surface area is 103 Å². The van der Waals surface area contributed by atoms with E-state index >= 15 is 0 Å². The van der Waals surface area contributed by atoms with Gasteiger partial charge in [0.05, 0.1) is 16.0 Å². The third-order valence-electron chi connectivity index (χ3n) is 2.42. The second kappa shape index (κ2) is 5.46. The number of imidazole rings is 1. The molecule has 7 nitrogen and oxygen atoms in total. The number of nitrogens with one attached hydrogen (secondary N) is 2. The van der Waals surface area contributed by atoms with Gasteiger partial charge in [0.2, 0.25) is 0 Å². The maximum atomic E-state index is 10.6. The number of hydrogen-bond donors (Lipinski definition) is 2. The van der Waals surface area contributed by atoms with Gasteiger partial charge in [0.15, 0.2) is 0 Å². The first kappa shape index (κ1) is 12.3. The second-order valence-electron chi connectivity index (χ2n) is 3.70. The van der Waals surface area contributed by atoms with Crippen LogP contribution in [0, 0.1) is 10.1 Å². The summed E-state index contributed by atoms with van der Waals surface area (Å²) in [5, 5.41) is 13.7. The number of nitrogens with zero attached hydrogens (tertiary/aromatic N) is 2. The van der Waals surface area contributed by atoms with E-state index < -0.39 is 4.92 Å². The van der Waals surface area contributed by atoms with Gasteiger partial charge in [-0.25, -0.2) is 0 Å². The predicted octanol–water partition coefficient (Wildman–Crippen LogP) is 1.46. The number of nitro groups is 1. The van der Waals surface area contributed by atoms with Crippen molar-refractivity contribution in [2.45, 2.75) is 6.92 Å². The molecule has 0 bridgehead atoms. The lowest BCUT2D eigenvalue weighted by molar-refractivity contribution is -0.384. The Bertz CT molecular complexity index is 552. The molecule has 7 heteroatoms. The zero-order valence-corrected chi connectivity index (χ0v) is 9.97. The zero-order valence-electron chi connectivity index (χ0n) is 9.97. The van der Waals surface area contributed by atoms with Crippen LogP contribution >= 0.6 is 0 Å². The van der Waals surface area contributed by atoms with Crippen molar-refractivity contribution in [1.82, 2.24) is 15.3 Å². The topological polar surface area (TPSA) is 93.1 Å². The first-order chi connectivity index (χ1) is 8.70. The van der Waals surface area contributed by atoms with Gasteiger partial charge in [-0.2, -0.15) is 4.98 Å². The maximum Gasteiger partial charge on any atom is 0.294 e. The Hall–Kier alpha value is -2.15. The molecule has 1 heterocycles. The van der Waals surface area contributed by atoms with Crippen LogP contribution in [0.2, 0.25) is 0 Å². The van der Waals surface area contributed by atoms with Crippen LogP contribution in [-0.4, -0.2) is 34.6 Å². The molecule has 0 amide bonds. The Morgan fingerprint density at radius 3 is 3.11 bits per heavy atom. The molecule has 0 fully saturated rings. The summed E-state index contributed by atoms with van der Waals surface area (Å²) >= 11 is 0. The highest BCUT2D eigenvalue weighted by Crippen LogP contribution is 2.21. The van der Waals surface area contributed by atoms with Crippen LogP contribution < -0.4 is 10.1 Å². The van der Waals surface area contributed by atoms with Crippen molar-refractivity contribution in [3.63, 3.8) is 0 Å². The number of aromatic nitrogens is 2. The summed E-state index contributed by atoms with van der Waals surface area (Å²) < 4.78 is 5.39. The maximum absolute atomic E-state index is 10.6. The number of nitro benzene ring substituents is 1. The van der Waals surface area contributed by atoms with Gasteiger partial charge in [-0.05, 0) is 12.6 Å². The van der Waals surface area contributed by atoms with E-state index in [4.69, 9.17) is 4.74 Å². The minimum atomic E-state index is -0.439. The molecule has 0 radical (unpaired) electrons. The largest absolute Gasteiger partial charge is 0.463 e. The lowest BCUT2D eigenvalue weighted by Gasteiger charge is -2.01. The van der Waals surface area contributed by atoms with Crippen molar-refractivity contribution < 1.29 is 9.66 Å². The average Bonchev–Trinajstić information content (AvgIpc) is 2.76. The standard InChI is InChI=1S/C11H14N4O3/c1-2-12-5-6-18-11-13-9-4-3-8(15(16)17)7-10(9)14-11/h3-4,7,12H,2,5-6H2,1H3,(H,13,14). The highest BCUT2D eigenvalue weighted by molar-refractivity contribution is 5.78. The van der Waals surface area contributed by atoms with Crippen LogP contribution in [0.1, 0.15) is 6.92 Å². The first-order valence-electron chi connectivity index (χ1n) is 5.68. The second-order valence-corrected chi connectivity index (χ2v) is 3.70. The molecule has 1 aromatic heterocycles. The Balaban J connectivity index is 2.09. The highest BCUT2D eigenvalue weighted by Gasteiger charge is 2.09. The monoisotopic (exact) mass is 250 g/mol. The van der Waals surface area contributed by atoms with Gasteiger partial charge in [0.25, 0.3) is 11.7 Å². The molecule has 0 aliphatic carbocycles. The van der Waals surface area contributed by atoms with E-state index in [0.29, 0.717) is 23.7 Å². The fourth-order valence-corrected chi connectivity index (χ4v) is 1.55. The lowest BCUT2D eigenvalue weighted by Crippen LogP contribution is -2.20. The fourth-order valence-electron chi connectivity index (χ4n) is 1.55. The third kappa shape index (κ3) is 2.75. The molecule has 0 saturated heterocycles. The Kier molecular flexibility index (Phi) is 3.73. The number of aromatic amines is 1. The van der Waals surface area contributed by atoms with E-state index in [0.717, 1.165) is 13.1 Å². The molecule has 1 aromatic carbocycles. The van der Waals surface area contributed by atoms with Gasteiger partial charge < -0.3 is 15.0 Å². The third-order valence-corrected chi connectivity index (χ3v) is 2.42. The van der Waals surface area contributed by atoms with Gasteiger partial charge in [0, 0.05) is 18.7 Å². The Morgan fingerprint density at radius 1 is 1.56 bits per heavy atom. The minimum Gasteiger partial charge on any atom is -0.463 e. The molecule has 18 heavy (non-hydrogen) atoms. The molecule has 2 aromatic rings. The smallest absolute Gasteiger partial charge is 0.294 e. The number of non-ortho nitro benzene ring substituents is 1. The van der Waals surface area contributed by atoms with Gasteiger partial charge in [-0.3, -0.25) is 10.1 Å². The summed E-state index contributed by atoms with van der Waals surface area (Å²) in [5.74, 6) is 0. The lowest BCUT2D eigenvalue weighted by atomic mass is 10.3. The first-order valence-corrected chi connectivity index (χ1v) is 5.68. The van der Waals surface area contributed by atoms with E-state index in [9.17, 15) is 10.1 Å². The number of benzene rings is 1. The van der Waals surface area contributed by atoms with E-state index in [1.807, 2.05) is 6.92 Å². The van der Waals surface area contributed by atoms with Gasteiger partial charge in [-0.1, -0.05) is 6.92 Å². The Morgan fingerprint density at radius 2 is 2.39 bits per heavy atom. The summed E-state index contributed by atoms with van der Waals surface area (Å²) in [6, 6.07) is 4.84. The van der Waals surface area contributed by atoms with Crippen LogP contribution in [0.4, 0.5) is 5.69 Å². The van der Waals surface area contributed by atoms with E-state index in [2.05, 4.69) is 15.3 Å². The molecule has 0 atom stereocenters. The molecule has 0 aliphatic rings. The molecular weight excluding hydrogens is 236 g/mol. The molecule has 0 spiro atoms. The molecular formula is C11H14N4O3. The normalized spacial score (nSPS) is 10.7. The number of rotatable bonds is 6. The van der Waals surface area contributed by atoms with Crippen LogP contribution in [0.25, 0.3) is 11.0 Å². The molecule has 96 valence electrons. The molecule has 2 rings (SSSR count). The van der Waals surface area contributed by atoms with Gasteiger partial charge in [-0.15, -0.1) is 0 Å². The van der Waals surface area contributed by atoms with Crippen molar-refractivity contribution in [1.29, 1.82) is 0 Å². The SMILES string of the molecule is CCNCCOc1nc2ccc([N+](=O)[O-])cc2[nH]1. The van der Waals surface area contributed by atoms with Crippen molar-refractivity contribution >= 4 is 16.7 Å². The summed E-state index contributed by atoms with van der Waals surface area (Å²) in [4.78, 5) is 17.3. The van der Waals surface area contributed by atoms with Crippen molar-refractivity contribution in [2.75, 3.05) is 19.7 Å². The van der Waals surface area contributed by atoms with E-state index in [1.54, 1.807) is 6.07 Å². The number of fused-ring (bicyclic) bond motifs is 1. The van der Waals surface area contributed by atoms with Crippen LogP contribution in [-0.2, 0) is 0 Å². The quantitative estimate of drug-likeness (QED) is 0.460. The number of ether oxygens (including phenoxy) is 1. The zero-order chi connectivity index (χ0) is 13.0. The molecule has 0 saturated carbocycles. The van der Waals surface area contributed by atoms with Crippen molar-refractivity contribution in [3.8, 4) is 6.01 Å². The summed E-state index contributed by atoms with van der Waals surface area (Å²) in [5.41, 5.74) is 1.28. The van der Waals surface area contributed by atoms with Crippen molar-refractivity contribution in [2.24, 2.45) is 0 Å². The van der Waals surface area contributed by atoms with Gasteiger partial charge in [0.1, 0.15) is 6.61 Å². The number of hydrogen-bond acceptors (Lipinski definition) is 5. The summed E-state index contributed by atoms with van der Waals surface area (Å²) in [6.07, 6.45) is 0. The van der Waals surface area contributed by atoms with Crippen LogP contribution in [0.3, 0.4) is 0 Å². The van der Waals surface area contributed by atoms with Crippen LogP contribution in [0.5, 0.6) is 6.01 Å². The average molecular weight is 250 g/mol. The fraction of sp³-hybridized carbons (Fsp3) is 0.364. The minimum absolute atomic E-state index is 0.0327. The van der Waals surface area contributed by atoms with Gasteiger partial charge >= 0.3 is 0 Å². The number of H-pyrrole nitrogens is 1. The molecule has 2 N–H and O–H groups in total. The predicted molar refractivity (Wildman–Crippen MR) is 66.8 cm³/mol. The highest BCUT2D eigenvalue weighted by atomic mass is 16.6. The van der Waals surface area contributed by atoms with Crippen LogP contribution in [0.15, 0.2) is 18.2 Å². The summed E-state index contributed by atoms with van der Waals surface area (Å²) in [7, 11) is 0. The molecule has 0 aliphatic heterocycles. The van der Waals surface area contributed by atoms with E-state index in [-0.39, 0.29) is 5.69 Å². The summed E-state index contributed by atoms with van der Waals surface area (Å²) in [6.45, 7) is 4.12. The van der Waals surface area contributed by atoms with Crippen molar-refractivity contribution in [3.05, 3.63) is 28.3 Å². The number of likely N-dealkylation sites (N-methyl/N-ethyl adjacent to an activating group) is 1. The molecule has 0 unspecified atom stereocenters.